The Labute approximate surface area is 140 Å². The van der Waals surface area contributed by atoms with Crippen LogP contribution in [0.3, 0.4) is 0 Å². The molecule has 1 saturated heterocycles. The summed E-state index contributed by atoms with van der Waals surface area (Å²) < 4.78 is 0. The first-order chi connectivity index (χ1) is 11.8. The quantitative estimate of drug-likeness (QED) is 0.678. The van der Waals surface area contributed by atoms with E-state index in [1.54, 1.807) is 0 Å². The van der Waals surface area contributed by atoms with Crippen LogP contribution in [0.15, 0.2) is 53.2 Å². The molecule has 0 aliphatic carbocycles. The summed E-state index contributed by atoms with van der Waals surface area (Å²) in [5, 5.41) is 5.90. The van der Waals surface area contributed by atoms with Crippen molar-refractivity contribution in [3.63, 3.8) is 0 Å². The standard InChI is InChI=1S/C20H20N4/c1-2-14-10-16-5-6-18(23-16)12-20-8-7-19(24-20)11-17-4-3-15(22-17)9-13(1)21-14/h1-6,9-11,19-21,23-24H,7-8,12H2. The van der Waals surface area contributed by atoms with E-state index in [1.807, 2.05) is 0 Å². The molecule has 0 aromatic carbocycles. The highest BCUT2D eigenvalue weighted by Crippen LogP contribution is 2.20. The first-order valence-electron chi connectivity index (χ1n) is 8.61. The van der Waals surface area contributed by atoms with Gasteiger partial charge >= 0.3 is 0 Å². The second-order valence-electron chi connectivity index (χ2n) is 6.81. The Hall–Kier alpha value is -2.59. The predicted molar refractivity (Wildman–Crippen MR) is 97.2 cm³/mol. The van der Waals surface area contributed by atoms with Crippen molar-refractivity contribution < 1.29 is 0 Å². The number of aliphatic imine (C=N–C) groups is 1. The number of H-pyrrole nitrogens is 2. The topological polar surface area (TPSA) is 56.0 Å². The molecule has 120 valence electrons. The monoisotopic (exact) mass is 316 g/mol. The van der Waals surface area contributed by atoms with E-state index < -0.39 is 0 Å². The number of hydrogen-bond acceptors (Lipinski definition) is 2. The third kappa shape index (κ3) is 2.69. The van der Waals surface area contributed by atoms with Crippen LogP contribution in [-0.4, -0.2) is 27.8 Å². The van der Waals surface area contributed by atoms with Crippen LogP contribution in [0.2, 0.25) is 0 Å². The third-order valence-electron chi connectivity index (χ3n) is 4.91. The van der Waals surface area contributed by atoms with Gasteiger partial charge in [0.15, 0.2) is 0 Å². The van der Waals surface area contributed by atoms with Crippen LogP contribution in [0.4, 0.5) is 0 Å². The van der Waals surface area contributed by atoms with Gasteiger partial charge in [-0.2, -0.15) is 0 Å². The number of nitrogens with zero attached hydrogens (tertiary/aromatic N) is 1. The van der Waals surface area contributed by atoms with E-state index in [1.165, 1.54) is 18.5 Å². The first-order valence-corrected chi connectivity index (χ1v) is 8.61. The van der Waals surface area contributed by atoms with Gasteiger partial charge in [-0.3, -0.25) is 0 Å². The maximum atomic E-state index is 4.71. The van der Waals surface area contributed by atoms with Crippen molar-refractivity contribution in [2.45, 2.75) is 31.3 Å². The van der Waals surface area contributed by atoms with Gasteiger partial charge in [0, 0.05) is 40.6 Å². The van der Waals surface area contributed by atoms with E-state index in [9.17, 15) is 0 Å². The molecule has 5 heterocycles. The highest BCUT2D eigenvalue weighted by atomic mass is 15.0. The molecule has 3 N–H and O–H groups in total. The van der Waals surface area contributed by atoms with Crippen LogP contribution in [0.25, 0.3) is 12.2 Å². The molecule has 1 fully saturated rings. The van der Waals surface area contributed by atoms with Gasteiger partial charge in [-0.25, -0.2) is 4.99 Å². The van der Waals surface area contributed by atoms with Crippen LogP contribution in [-0.2, 0) is 6.42 Å². The zero-order valence-corrected chi connectivity index (χ0v) is 13.4. The van der Waals surface area contributed by atoms with Crippen molar-refractivity contribution in [2.75, 3.05) is 0 Å². The highest BCUT2D eigenvalue weighted by molar-refractivity contribution is 6.19. The van der Waals surface area contributed by atoms with E-state index in [2.05, 4.69) is 69.9 Å². The molecule has 2 aromatic rings. The van der Waals surface area contributed by atoms with Crippen LogP contribution >= 0.6 is 0 Å². The summed E-state index contributed by atoms with van der Waals surface area (Å²) in [4.78, 5) is 11.7. The van der Waals surface area contributed by atoms with Gasteiger partial charge in [0.2, 0.25) is 0 Å². The Balaban J connectivity index is 1.61. The van der Waals surface area contributed by atoms with Crippen molar-refractivity contribution in [3.05, 3.63) is 70.3 Å². The maximum absolute atomic E-state index is 4.71. The molecule has 0 spiro atoms. The van der Waals surface area contributed by atoms with Gasteiger partial charge in [-0.1, -0.05) is 0 Å². The summed E-state index contributed by atoms with van der Waals surface area (Å²) in [5.74, 6) is 0. The van der Waals surface area contributed by atoms with Crippen LogP contribution in [0.5, 0.6) is 0 Å². The molecule has 3 aliphatic rings. The number of hydrogen-bond donors (Lipinski definition) is 3. The average molecular weight is 316 g/mol. The molecule has 5 rings (SSSR count). The van der Waals surface area contributed by atoms with E-state index >= 15 is 0 Å². The fourth-order valence-electron chi connectivity index (χ4n) is 3.77. The number of aromatic nitrogens is 2. The second kappa shape index (κ2) is 5.49. The first kappa shape index (κ1) is 13.8. The number of rotatable bonds is 0. The molecule has 4 nitrogen and oxygen atoms in total. The predicted octanol–water partition coefficient (Wildman–Crippen LogP) is 1.52. The van der Waals surface area contributed by atoms with Gasteiger partial charge in [-0.15, -0.1) is 0 Å². The molecule has 2 unspecified atom stereocenters. The summed E-state index contributed by atoms with van der Waals surface area (Å²) >= 11 is 0. The SMILES string of the molecule is C1=CC2=NC1=CC1CCC(Cc3ccc([nH]3)C=c3ccc([nH]3)=C2)N1. The number of aromatic amines is 2. The fourth-order valence-corrected chi connectivity index (χ4v) is 3.77. The second-order valence-corrected chi connectivity index (χ2v) is 6.81. The molecule has 24 heavy (non-hydrogen) atoms. The van der Waals surface area contributed by atoms with Gasteiger partial charge in [0.1, 0.15) is 0 Å². The third-order valence-corrected chi connectivity index (χ3v) is 4.91. The maximum Gasteiger partial charge on any atom is 0.0658 e. The lowest BCUT2D eigenvalue weighted by Crippen LogP contribution is -2.29. The Morgan fingerprint density at radius 3 is 2.79 bits per heavy atom. The van der Waals surface area contributed by atoms with Crippen LogP contribution in [0, 0.1) is 0 Å². The molecule has 8 bridgehead atoms. The molecule has 0 amide bonds. The molecular weight excluding hydrogens is 296 g/mol. The zero-order valence-electron chi connectivity index (χ0n) is 13.4. The van der Waals surface area contributed by atoms with Gasteiger partial charge in [-0.05, 0) is 67.5 Å². The van der Waals surface area contributed by atoms with Crippen molar-refractivity contribution >= 4 is 17.9 Å². The summed E-state index contributed by atoms with van der Waals surface area (Å²) in [7, 11) is 0. The molecule has 2 aromatic heterocycles. The van der Waals surface area contributed by atoms with Gasteiger partial charge in [0.05, 0.1) is 11.4 Å². The highest BCUT2D eigenvalue weighted by Gasteiger charge is 2.23. The molecular formula is C20H20N4. The van der Waals surface area contributed by atoms with Crippen molar-refractivity contribution in [1.82, 2.24) is 15.3 Å². The lowest BCUT2D eigenvalue weighted by Gasteiger charge is -2.11. The zero-order chi connectivity index (χ0) is 15.9. The van der Waals surface area contributed by atoms with Crippen molar-refractivity contribution in [1.29, 1.82) is 0 Å². The molecule has 2 atom stereocenters. The van der Waals surface area contributed by atoms with E-state index in [0.29, 0.717) is 12.1 Å². The minimum absolute atomic E-state index is 0.420. The van der Waals surface area contributed by atoms with Crippen LogP contribution in [0.1, 0.15) is 24.2 Å². The Kier molecular flexibility index (Phi) is 3.16. The van der Waals surface area contributed by atoms with Crippen molar-refractivity contribution in [3.8, 4) is 0 Å². The minimum Gasteiger partial charge on any atom is -0.359 e. The van der Waals surface area contributed by atoms with E-state index in [-0.39, 0.29) is 0 Å². The Morgan fingerprint density at radius 2 is 1.83 bits per heavy atom. The van der Waals surface area contributed by atoms with E-state index in [4.69, 9.17) is 4.99 Å². The summed E-state index contributed by atoms with van der Waals surface area (Å²) in [6, 6.07) is 9.50. The van der Waals surface area contributed by atoms with Gasteiger partial charge < -0.3 is 15.3 Å². The summed E-state index contributed by atoms with van der Waals surface area (Å²) in [5.41, 5.74) is 4.49. The fraction of sp³-hybridized carbons (Fsp3) is 0.250. The molecule has 0 radical (unpaired) electrons. The summed E-state index contributed by atoms with van der Waals surface area (Å²) in [6.07, 6.45) is 14.1. The lowest BCUT2D eigenvalue weighted by atomic mass is 10.1. The molecule has 4 heteroatoms. The lowest BCUT2D eigenvalue weighted by molar-refractivity contribution is 0.572. The normalized spacial score (nSPS) is 25.0. The number of allylic oxidation sites excluding steroid dienone is 2. The van der Waals surface area contributed by atoms with Crippen LogP contribution < -0.4 is 16.0 Å². The largest absolute Gasteiger partial charge is 0.359 e. The number of nitrogens with one attached hydrogen (secondary N) is 3. The molecule has 0 saturated carbocycles. The van der Waals surface area contributed by atoms with Crippen molar-refractivity contribution in [2.24, 2.45) is 4.99 Å². The minimum atomic E-state index is 0.420. The van der Waals surface area contributed by atoms with Gasteiger partial charge in [0.25, 0.3) is 0 Å². The summed E-state index contributed by atoms with van der Waals surface area (Å²) in [6.45, 7) is 0. The molecule has 3 aliphatic heterocycles. The average Bonchev–Trinajstić information content (AvgIpc) is 3.32. The Bertz CT molecular complexity index is 983. The van der Waals surface area contributed by atoms with E-state index in [0.717, 1.165) is 34.2 Å². The smallest absolute Gasteiger partial charge is 0.0658 e. The Morgan fingerprint density at radius 1 is 0.917 bits per heavy atom. The number of fused-ring (bicyclic) bond motifs is 7.